The van der Waals surface area contributed by atoms with Crippen LogP contribution in [-0.4, -0.2) is 47.5 Å². The summed E-state index contributed by atoms with van der Waals surface area (Å²) < 4.78 is 34.4. The fourth-order valence-corrected chi connectivity index (χ4v) is 5.36. The predicted molar refractivity (Wildman–Crippen MR) is 114 cm³/mol. The van der Waals surface area contributed by atoms with E-state index in [1.54, 1.807) is 29.2 Å². The molecule has 0 aliphatic carbocycles. The number of benzene rings is 1. The largest absolute Gasteiger partial charge is 0.497 e. The van der Waals surface area contributed by atoms with Crippen LogP contribution in [0, 0.1) is 0 Å². The molecule has 1 aromatic carbocycles. The molecule has 1 aliphatic heterocycles. The van der Waals surface area contributed by atoms with Crippen molar-refractivity contribution in [1.29, 1.82) is 0 Å². The zero-order chi connectivity index (χ0) is 21.1. The van der Waals surface area contributed by atoms with Gasteiger partial charge in [-0.1, -0.05) is 18.2 Å². The normalized spacial score (nSPS) is 17.7. The van der Waals surface area contributed by atoms with Gasteiger partial charge in [-0.15, -0.1) is 0 Å². The van der Waals surface area contributed by atoms with Crippen LogP contribution in [0.25, 0.3) is 0 Å². The van der Waals surface area contributed by atoms with Crippen molar-refractivity contribution in [3.63, 3.8) is 0 Å². The molecule has 2 aromatic heterocycles. The van der Waals surface area contributed by atoms with Crippen molar-refractivity contribution in [2.75, 3.05) is 20.2 Å². The fraction of sp³-hybridized carbons (Fsp3) is 0.364. The average Bonchev–Trinajstić information content (AvgIpc) is 3.21. The standard InChI is InChI=1S/C22H26N4O3S/c1-25-15-22(23-16-25)30(27,28)26-11-5-7-18(14-26)21-10-4-8-19(24-21)12-17-6-3-9-20(13-17)29-2/h3-4,6,8-10,13,15-16,18H,5,7,11-12,14H2,1-2H3/t18-/m1/s1. The maximum absolute atomic E-state index is 13.0. The number of hydrogen-bond acceptors (Lipinski definition) is 5. The Bertz CT molecular complexity index is 1130. The van der Waals surface area contributed by atoms with Gasteiger partial charge in [-0.3, -0.25) is 4.98 Å². The Morgan fingerprint density at radius 3 is 2.80 bits per heavy atom. The molecule has 0 radical (unpaired) electrons. The Hall–Kier alpha value is -2.71. The Morgan fingerprint density at radius 1 is 1.20 bits per heavy atom. The SMILES string of the molecule is COc1cccc(Cc2cccc([C@@H]3CCCN(S(=O)(=O)c4cn(C)cn4)C3)n2)c1. The lowest BCUT2D eigenvalue weighted by Crippen LogP contribution is -2.39. The third kappa shape index (κ3) is 4.39. The molecule has 3 heterocycles. The molecule has 158 valence electrons. The van der Waals surface area contributed by atoms with Crippen LogP contribution in [0.5, 0.6) is 5.75 Å². The summed E-state index contributed by atoms with van der Waals surface area (Å²) in [6.45, 7) is 0.938. The number of aryl methyl sites for hydroxylation is 1. The van der Waals surface area contributed by atoms with Crippen molar-refractivity contribution in [1.82, 2.24) is 18.8 Å². The van der Waals surface area contributed by atoms with Crippen molar-refractivity contribution in [3.8, 4) is 5.75 Å². The van der Waals surface area contributed by atoms with E-state index in [0.717, 1.165) is 35.5 Å². The highest BCUT2D eigenvalue weighted by atomic mass is 32.2. The molecule has 0 saturated carbocycles. The van der Waals surface area contributed by atoms with Crippen molar-refractivity contribution >= 4 is 10.0 Å². The quantitative estimate of drug-likeness (QED) is 0.606. The van der Waals surface area contributed by atoms with Gasteiger partial charge in [0.15, 0.2) is 5.03 Å². The number of rotatable bonds is 6. The molecule has 0 N–H and O–H groups in total. The van der Waals surface area contributed by atoms with E-state index in [1.807, 2.05) is 36.4 Å². The van der Waals surface area contributed by atoms with Crippen LogP contribution in [0.2, 0.25) is 0 Å². The zero-order valence-corrected chi connectivity index (χ0v) is 18.0. The predicted octanol–water partition coefficient (Wildman–Crippen LogP) is 2.98. The van der Waals surface area contributed by atoms with Crippen LogP contribution in [-0.2, 0) is 23.5 Å². The first-order chi connectivity index (χ1) is 14.5. The van der Waals surface area contributed by atoms with Crippen molar-refractivity contribution < 1.29 is 13.2 Å². The molecule has 1 atom stereocenters. The summed E-state index contributed by atoms with van der Waals surface area (Å²) in [4.78, 5) is 8.90. The van der Waals surface area contributed by atoms with E-state index in [2.05, 4.69) is 11.1 Å². The number of pyridine rings is 1. The second kappa shape index (κ2) is 8.57. The van der Waals surface area contributed by atoms with Gasteiger partial charge in [0.1, 0.15) is 5.75 Å². The Balaban J connectivity index is 1.52. The minimum atomic E-state index is -3.59. The summed E-state index contributed by atoms with van der Waals surface area (Å²) in [6.07, 6.45) is 5.49. The lowest BCUT2D eigenvalue weighted by molar-refractivity contribution is 0.311. The molecule has 0 amide bonds. The summed E-state index contributed by atoms with van der Waals surface area (Å²) in [5, 5.41) is 0.102. The van der Waals surface area contributed by atoms with Gasteiger partial charge in [-0.2, -0.15) is 4.31 Å². The van der Waals surface area contributed by atoms with Crippen LogP contribution in [0.15, 0.2) is 60.0 Å². The number of methoxy groups -OCH3 is 1. The van der Waals surface area contributed by atoms with Gasteiger partial charge < -0.3 is 9.30 Å². The minimum Gasteiger partial charge on any atom is -0.497 e. The summed E-state index contributed by atoms with van der Waals surface area (Å²) in [6, 6.07) is 14.0. The van der Waals surface area contributed by atoms with E-state index in [0.29, 0.717) is 19.5 Å². The summed E-state index contributed by atoms with van der Waals surface area (Å²) >= 11 is 0. The molecule has 8 heteroatoms. The van der Waals surface area contributed by atoms with Crippen LogP contribution in [0.3, 0.4) is 0 Å². The minimum absolute atomic E-state index is 0.0718. The van der Waals surface area contributed by atoms with Crippen LogP contribution < -0.4 is 4.74 Å². The first-order valence-electron chi connectivity index (χ1n) is 10.0. The Morgan fingerprint density at radius 2 is 2.03 bits per heavy atom. The molecular formula is C22H26N4O3S. The van der Waals surface area contributed by atoms with E-state index in [1.165, 1.54) is 6.33 Å². The monoisotopic (exact) mass is 426 g/mol. The molecule has 30 heavy (non-hydrogen) atoms. The molecular weight excluding hydrogens is 400 g/mol. The van der Waals surface area contributed by atoms with E-state index in [-0.39, 0.29) is 10.9 Å². The molecule has 1 aliphatic rings. The fourth-order valence-electron chi connectivity index (χ4n) is 3.87. The molecule has 1 saturated heterocycles. The molecule has 0 unspecified atom stereocenters. The van der Waals surface area contributed by atoms with Gasteiger partial charge >= 0.3 is 0 Å². The number of ether oxygens (including phenoxy) is 1. The molecule has 0 bridgehead atoms. The first kappa shape index (κ1) is 20.6. The molecule has 4 rings (SSSR count). The lowest BCUT2D eigenvalue weighted by Gasteiger charge is -2.31. The van der Waals surface area contributed by atoms with Crippen molar-refractivity contribution in [2.24, 2.45) is 7.05 Å². The number of sulfonamides is 1. The second-order valence-electron chi connectivity index (χ2n) is 7.66. The van der Waals surface area contributed by atoms with Gasteiger partial charge in [0, 0.05) is 50.1 Å². The summed E-state index contributed by atoms with van der Waals surface area (Å²) in [5.41, 5.74) is 3.03. The number of imidazole rings is 1. The number of nitrogens with zero attached hydrogens (tertiary/aromatic N) is 4. The number of aromatic nitrogens is 3. The summed E-state index contributed by atoms with van der Waals surface area (Å²) in [5.74, 6) is 0.897. The Kier molecular flexibility index (Phi) is 5.87. The van der Waals surface area contributed by atoms with Crippen molar-refractivity contribution in [3.05, 3.63) is 71.9 Å². The van der Waals surface area contributed by atoms with Crippen LogP contribution in [0.4, 0.5) is 0 Å². The van der Waals surface area contributed by atoms with E-state index >= 15 is 0 Å². The highest BCUT2D eigenvalue weighted by Crippen LogP contribution is 2.29. The molecule has 3 aromatic rings. The van der Waals surface area contributed by atoms with Crippen LogP contribution in [0.1, 0.15) is 35.7 Å². The van der Waals surface area contributed by atoms with Gasteiger partial charge in [-0.25, -0.2) is 13.4 Å². The first-order valence-corrected chi connectivity index (χ1v) is 11.5. The Labute approximate surface area is 177 Å². The molecule has 7 nitrogen and oxygen atoms in total. The van der Waals surface area contributed by atoms with Gasteiger partial charge in [0.25, 0.3) is 10.0 Å². The smallest absolute Gasteiger partial charge is 0.262 e. The third-order valence-electron chi connectivity index (χ3n) is 5.44. The molecule has 1 fully saturated rings. The highest BCUT2D eigenvalue weighted by Gasteiger charge is 2.32. The van der Waals surface area contributed by atoms with Gasteiger partial charge in [0.2, 0.25) is 0 Å². The number of hydrogen-bond donors (Lipinski definition) is 0. The average molecular weight is 427 g/mol. The highest BCUT2D eigenvalue weighted by molar-refractivity contribution is 7.89. The molecule has 0 spiro atoms. The third-order valence-corrected chi connectivity index (χ3v) is 7.19. The van der Waals surface area contributed by atoms with E-state index < -0.39 is 10.0 Å². The van der Waals surface area contributed by atoms with Gasteiger partial charge in [-0.05, 0) is 42.7 Å². The van der Waals surface area contributed by atoms with Crippen LogP contribution >= 0.6 is 0 Å². The van der Waals surface area contributed by atoms with E-state index in [4.69, 9.17) is 9.72 Å². The maximum Gasteiger partial charge on any atom is 0.262 e. The van der Waals surface area contributed by atoms with E-state index in [9.17, 15) is 8.42 Å². The topological polar surface area (TPSA) is 77.3 Å². The van der Waals surface area contributed by atoms with Crippen molar-refractivity contribution in [2.45, 2.75) is 30.2 Å². The maximum atomic E-state index is 13.0. The zero-order valence-electron chi connectivity index (χ0n) is 17.2. The second-order valence-corrected chi connectivity index (χ2v) is 9.55. The number of piperidine rings is 1. The summed E-state index contributed by atoms with van der Waals surface area (Å²) in [7, 11) is -0.164. The lowest BCUT2D eigenvalue weighted by atomic mass is 9.95. The van der Waals surface area contributed by atoms with Gasteiger partial charge in [0.05, 0.1) is 13.4 Å².